The van der Waals surface area contributed by atoms with Crippen LogP contribution in [0.5, 0.6) is 0 Å². The average Bonchev–Trinajstić information content (AvgIpc) is 3.22. The van der Waals surface area contributed by atoms with Gasteiger partial charge >= 0.3 is 0 Å². The highest BCUT2D eigenvalue weighted by molar-refractivity contribution is 5.83. The Morgan fingerprint density at radius 1 is 1.10 bits per heavy atom. The molecule has 1 aromatic carbocycles. The second-order valence-corrected chi connectivity index (χ2v) is 11.1. The van der Waals surface area contributed by atoms with Crippen molar-refractivity contribution in [3.63, 3.8) is 0 Å². The van der Waals surface area contributed by atoms with Crippen LogP contribution in [0.4, 0.5) is 20.5 Å². The molecule has 40 heavy (non-hydrogen) atoms. The molecule has 4 aromatic rings. The van der Waals surface area contributed by atoms with Gasteiger partial charge in [-0.1, -0.05) is 6.07 Å². The number of morpholine rings is 1. The van der Waals surface area contributed by atoms with Crippen LogP contribution >= 0.6 is 0 Å². The Balaban J connectivity index is 1.33. The Morgan fingerprint density at radius 3 is 2.60 bits per heavy atom. The molecule has 0 spiro atoms. The Labute approximate surface area is 232 Å². The molecule has 4 heterocycles. The molecule has 1 saturated heterocycles. The summed E-state index contributed by atoms with van der Waals surface area (Å²) in [5.74, 6) is 0.132. The lowest BCUT2D eigenvalue weighted by Crippen LogP contribution is -2.50. The third-order valence-corrected chi connectivity index (χ3v) is 7.07. The predicted octanol–water partition coefficient (Wildman–Crippen LogP) is 5.16. The minimum absolute atomic E-state index is 0.0170. The Kier molecular flexibility index (Phi) is 7.80. The molecule has 0 amide bonds. The lowest BCUT2D eigenvalue weighted by molar-refractivity contribution is -0.117. The van der Waals surface area contributed by atoms with Crippen LogP contribution in [-0.4, -0.2) is 65.9 Å². The van der Waals surface area contributed by atoms with Gasteiger partial charge in [0.1, 0.15) is 22.9 Å². The van der Waals surface area contributed by atoms with E-state index < -0.39 is 17.7 Å². The van der Waals surface area contributed by atoms with Gasteiger partial charge in [-0.25, -0.2) is 28.7 Å². The molecule has 212 valence electrons. The van der Waals surface area contributed by atoms with Gasteiger partial charge in [-0.05, 0) is 58.4 Å². The van der Waals surface area contributed by atoms with Crippen LogP contribution in [0.15, 0.2) is 36.7 Å². The van der Waals surface area contributed by atoms with Gasteiger partial charge in [0, 0.05) is 43.9 Å². The van der Waals surface area contributed by atoms with Crippen LogP contribution in [0.1, 0.15) is 51.5 Å². The van der Waals surface area contributed by atoms with Gasteiger partial charge in [0.15, 0.2) is 11.6 Å². The summed E-state index contributed by atoms with van der Waals surface area (Å²) >= 11 is 0. The van der Waals surface area contributed by atoms with Crippen LogP contribution in [0.3, 0.4) is 0 Å². The Bertz CT molecular complexity index is 1510. The van der Waals surface area contributed by atoms with E-state index >= 15 is 0 Å². The van der Waals surface area contributed by atoms with Crippen molar-refractivity contribution in [2.45, 2.75) is 65.3 Å². The number of nitrogens with one attached hydrogen (secondary N) is 1. The lowest BCUT2D eigenvalue weighted by Gasteiger charge is -2.41. The first-order valence-electron chi connectivity index (χ1n) is 13.5. The van der Waals surface area contributed by atoms with Crippen LogP contribution in [0.2, 0.25) is 0 Å². The van der Waals surface area contributed by atoms with Crippen molar-refractivity contribution in [1.82, 2.24) is 29.4 Å². The number of aliphatic hydroxyl groups excluding tert-OH is 1. The summed E-state index contributed by atoms with van der Waals surface area (Å²) in [6, 6.07) is 6.78. The molecule has 0 bridgehead atoms. The number of halogens is 2. The number of nitrogens with zero attached hydrogens (tertiary/aromatic N) is 6. The monoisotopic (exact) mass is 551 g/mol. The molecule has 3 aromatic heterocycles. The molecule has 1 aliphatic heterocycles. The van der Waals surface area contributed by atoms with E-state index in [1.165, 1.54) is 6.07 Å². The second-order valence-electron chi connectivity index (χ2n) is 11.1. The zero-order valence-corrected chi connectivity index (χ0v) is 23.4. The van der Waals surface area contributed by atoms with E-state index in [1.807, 2.05) is 44.4 Å². The number of imidazole rings is 1. The minimum Gasteiger partial charge on any atom is -0.393 e. The van der Waals surface area contributed by atoms with Crippen LogP contribution in [0, 0.1) is 18.6 Å². The molecule has 9 nitrogen and oxygen atoms in total. The summed E-state index contributed by atoms with van der Waals surface area (Å²) in [4.78, 5) is 19.5. The fourth-order valence-corrected chi connectivity index (χ4v) is 5.55. The minimum atomic E-state index is -0.659. The predicted molar refractivity (Wildman–Crippen MR) is 149 cm³/mol. The topological polar surface area (TPSA) is 101 Å². The van der Waals surface area contributed by atoms with Gasteiger partial charge in [0.25, 0.3) is 0 Å². The molecule has 1 fully saturated rings. The summed E-state index contributed by atoms with van der Waals surface area (Å²) in [6.45, 7) is 12.4. The van der Waals surface area contributed by atoms with E-state index in [1.54, 1.807) is 19.2 Å². The SMILES string of the molecule is Cc1nc2c(F)cc(-c3nc(Nc4ccc(CN5CCO[C@@](C)(C[C@H](C)O)C5)cn4)ncc3F)cc2n1C(C)C. The Hall–Kier alpha value is -3.54. The van der Waals surface area contributed by atoms with Crippen molar-refractivity contribution in [1.29, 1.82) is 0 Å². The fraction of sp³-hybridized carbons (Fsp3) is 0.448. The number of rotatable bonds is 8. The number of aromatic nitrogens is 5. The van der Waals surface area contributed by atoms with E-state index in [9.17, 15) is 13.9 Å². The second kappa shape index (κ2) is 11.1. The summed E-state index contributed by atoms with van der Waals surface area (Å²) in [5.41, 5.74) is 1.74. The summed E-state index contributed by atoms with van der Waals surface area (Å²) in [5, 5.41) is 12.8. The smallest absolute Gasteiger partial charge is 0.229 e. The van der Waals surface area contributed by atoms with Crippen molar-refractivity contribution >= 4 is 22.8 Å². The van der Waals surface area contributed by atoms with Gasteiger partial charge in [-0.3, -0.25) is 4.90 Å². The van der Waals surface area contributed by atoms with E-state index in [0.29, 0.717) is 48.8 Å². The Morgan fingerprint density at radius 2 is 1.90 bits per heavy atom. The third-order valence-electron chi connectivity index (χ3n) is 7.07. The van der Waals surface area contributed by atoms with Gasteiger partial charge in [0.05, 0.1) is 30.0 Å². The van der Waals surface area contributed by atoms with Gasteiger partial charge in [-0.15, -0.1) is 0 Å². The lowest BCUT2D eigenvalue weighted by atomic mass is 9.96. The number of ether oxygens (including phenoxy) is 1. The zero-order valence-electron chi connectivity index (χ0n) is 23.4. The van der Waals surface area contributed by atoms with Gasteiger partial charge in [0.2, 0.25) is 5.95 Å². The number of fused-ring (bicyclic) bond motifs is 1. The molecule has 0 radical (unpaired) electrons. The molecule has 0 aliphatic carbocycles. The van der Waals surface area contributed by atoms with Crippen LogP contribution < -0.4 is 5.32 Å². The van der Waals surface area contributed by atoms with Crippen molar-refractivity contribution in [2.75, 3.05) is 25.0 Å². The maximum Gasteiger partial charge on any atom is 0.229 e. The van der Waals surface area contributed by atoms with E-state index in [0.717, 1.165) is 18.3 Å². The van der Waals surface area contributed by atoms with E-state index in [2.05, 4.69) is 30.2 Å². The van der Waals surface area contributed by atoms with Crippen molar-refractivity contribution in [2.24, 2.45) is 0 Å². The summed E-state index contributed by atoms with van der Waals surface area (Å²) in [6.07, 6.45) is 2.98. The summed E-state index contributed by atoms with van der Waals surface area (Å²) in [7, 11) is 0. The van der Waals surface area contributed by atoms with Crippen LogP contribution in [-0.2, 0) is 11.3 Å². The molecular formula is C29H35F2N7O2. The van der Waals surface area contributed by atoms with Crippen molar-refractivity contribution in [3.05, 3.63) is 59.7 Å². The number of aryl methyl sites for hydroxylation is 1. The van der Waals surface area contributed by atoms with E-state index in [4.69, 9.17) is 4.74 Å². The fourth-order valence-electron chi connectivity index (χ4n) is 5.55. The molecule has 11 heteroatoms. The molecule has 1 aliphatic rings. The standard InChI is InChI=1S/C29H35F2N7O2/c1-17(2)38-19(4)34-27-22(30)10-21(11-24(27)38)26-23(31)14-33-28(36-26)35-25-7-6-20(13-32-25)15-37-8-9-40-29(5,16-37)12-18(3)39/h6-7,10-11,13-14,17-18,39H,8-9,12,15-16H2,1-5H3,(H,32,33,35,36)/t18-,29-/m0/s1. The van der Waals surface area contributed by atoms with Crippen molar-refractivity contribution < 1.29 is 18.6 Å². The first-order valence-corrected chi connectivity index (χ1v) is 13.5. The highest BCUT2D eigenvalue weighted by Gasteiger charge is 2.33. The van der Waals surface area contributed by atoms with Crippen LogP contribution in [0.25, 0.3) is 22.3 Å². The molecular weight excluding hydrogens is 516 g/mol. The maximum absolute atomic E-state index is 15.0. The molecule has 2 atom stereocenters. The van der Waals surface area contributed by atoms with E-state index in [-0.39, 0.29) is 28.8 Å². The summed E-state index contributed by atoms with van der Waals surface area (Å²) < 4.78 is 37.7. The largest absolute Gasteiger partial charge is 0.393 e. The van der Waals surface area contributed by atoms with Crippen molar-refractivity contribution in [3.8, 4) is 11.3 Å². The zero-order chi connectivity index (χ0) is 28.6. The number of pyridine rings is 1. The molecule has 0 unspecified atom stereocenters. The first-order chi connectivity index (χ1) is 19.0. The number of benzene rings is 1. The molecule has 5 rings (SSSR count). The van der Waals surface area contributed by atoms with Gasteiger partial charge in [-0.2, -0.15) is 0 Å². The highest BCUT2D eigenvalue weighted by Crippen LogP contribution is 2.30. The first kappa shape index (κ1) is 28.0. The maximum atomic E-state index is 15.0. The quantitative estimate of drug-likeness (QED) is 0.310. The number of aliphatic hydroxyl groups is 1. The van der Waals surface area contributed by atoms with Gasteiger partial charge < -0.3 is 19.7 Å². The average molecular weight is 552 g/mol. The number of hydrogen-bond acceptors (Lipinski definition) is 8. The molecule has 0 saturated carbocycles. The third kappa shape index (κ3) is 5.96. The molecule has 2 N–H and O–H groups in total. The number of anilines is 2. The highest BCUT2D eigenvalue weighted by atomic mass is 19.1. The normalized spacial score (nSPS) is 18.9. The number of hydrogen-bond donors (Lipinski definition) is 2.